The van der Waals surface area contributed by atoms with Crippen LogP contribution in [-0.2, 0) is 0 Å². The second kappa shape index (κ2) is 5.02. The van der Waals surface area contributed by atoms with E-state index >= 15 is 0 Å². The number of aliphatic hydroxyl groups is 1. The molecule has 0 bridgehead atoms. The van der Waals surface area contributed by atoms with Crippen LogP contribution in [0.1, 0.15) is 35.7 Å². The van der Waals surface area contributed by atoms with Crippen molar-refractivity contribution in [1.82, 2.24) is 4.90 Å². The highest BCUT2D eigenvalue weighted by Crippen LogP contribution is 2.26. The Bertz CT molecular complexity index is 461. The van der Waals surface area contributed by atoms with Crippen LogP contribution in [-0.4, -0.2) is 34.6 Å². The van der Waals surface area contributed by atoms with Gasteiger partial charge in [0.2, 0.25) is 0 Å². The Kier molecular flexibility index (Phi) is 3.78. The molecule has 2 rings (SSSR count). The molecule has 1 aliphatic heterocycles. The highest BCUT2D eigenvalue weighted by atomic mass is 79.9. The van der Waals surface area contributed by atoms with Crippen molar-refractivity contribution in [3.8, 4) is 0 Å². The molecule has 3 nitrogen and oxygen atoms in total. The van der Waals surface area contributed by atoms with Gasteiger partial charge < -0.3 is 10.0 Å². The van der Waals surface area contributed by atoms with E-state index in [9.17, 15) is 9.90 Å². The van der Waals surface area contributed by atoms with E-state index < -0.39 is 5.60 Å². The number of halogens is 1. The Labute approximate surface area is 116 Å². The number of rotatable bonds is 1. The van der Waals surface area contributed by atoms with Gasteiger partial charge in [-0.25, -0.2) is 0 Å². The number of amides is 1. The van der Waals surface area contributed by atoms with Crippen LogP contribution in [0.2, 0.25) is 0 Å². The van der Waals surface area contributed by atoms with Crippen molar-refractivity contribution >= 4 is 21.8 Å². The molecule has 1 heterocycles. The van der Waals surface area contributed by atoms with Gasteiger partial charge in [-0.15, -0.1) is 0 Å². The van der Waals surface area contributed by atoms with Crippen LogP contribution in [0.3, 0.4) is 0 Å². The standard InChI is InChI=1S/C14H18BrNO2/c1-10-4-3-5-11(12(10)15)13(17)16-8-6-14(2,18)7-9-16/h3-5,18H,6-9H2,1-2H3. The van der Waals surface area contributed by atoms with Crippen molar-refractivity contribution < 1.29 is 9.90 Å². The Balaban J connectivity index is 2.15. The predicted molar refractivity (Wildman–Crippen MR) is 74.6 cm³/mol. The molecule has 0 spiro atoms. The van der Waals surface area contributed by atoms with Gasteiger partial charge in [-0.2, -0.15) is 0 Å². The fourth-order valence-corrected chi connectivity index (χ4v) is 2.61. The van der Waals surface area contributed by atoms with E-state index in [0.29, 0.717) is 31.5 Å². The number of benzene rings is 1. The molecule has 1 fully saturated rings. The minimum Gasteiger partial charge on any atom is -0.390 e. The molecule has 1 saturated heterocycles. The molecule has 1 aliphatic rings. The zero-order valence-corrected chi connectivity index (χ0v) is 12.3. The van der Waals surface area contributed by atoms with Crippen LogP contribution in [0.4, 0.5) is 0 Å². The zero-order chi connectivity index (χ0) is 13.3. The smallest absolute Gasteiger partial charge is 0.255 e. The molecule has 0 radical (unpaired) electrons. The molecular weight excluding hydrogens is 294 g/mol. The third-order valence-corrected chi connectivity index (χ3v) is 4.60. The summed E-state index contributed by atoms with van der Waals surface area (Å²) >= 11 is 3.47. The lowest BCUT2D eigenvalue weighted by Crippen LogP contribution is -2.45. The second-order valence-corrected chi connectivity index (χ2v) is 6.02. The number of aryl methyl sites for hydroxylation is 1. The van der Waals surface area contributed by atoms with Gasteiger partial charge in [0.25, 0.3) is 5.91 Å². The first-order chi connectivity index (χ1) is 8.41. The summed E-state index contributed by atoms with van der Waals surface area (Å²) in [7, 11) is 0. The van der Waals surface area contributed by atoms with E-state index in [4.69, 9.17) is 0 Å². The van der Waals surface area contributed by atoms with E-state index in [1.165, 1.54) is 0 Å². The first-order valence-electron chi connectivity index (χ1n) is 6.17. The molecule has 1 amide bonds. The fourth-order valence-electron chi connectivity index (χ4n) is 2.17. The van der Waals surface area contributed by atoms with Gasteiger partial charge in [0.05, 0.1) is 11.2 Å². The number of hydrogen-bond donors (Lipinski definition) is 1. The lowest BCUT2D eigenvalue weighted by Gasteiger charge is -2.36. The lowest BCUT2D eigenvalue weighted by atomic mass is 9.93. The van der Waals surface area contributed by atoms with Crippen LogP contribution in [0.25, 0.3) is 0 Å². The van der Waals surface area contributed by atoms with Gasteiger partial charge >= 0.3 is 0 Å². The Morgan fingerprint density at radius 1 is 1.39 bits per heavy atom. The minimum absolute atomic E-state index is 0.0427. The van der Waals surface area contributed by atoms with Gasteiger partial charge in [0.15, 0.2) is 0 Å². The molecule has 0 atom stereocenters. The Morgan fingerprint density at radius 2 is 2.00 bits per heavy atom. The highest BCUT2D eigenvalue weighted by molar-refractivity contribution is 9.10. The van der Waals surface area contributed by atoms with Gasteiger partial charge in [0.1, 0.15) is 0 Å². The molecule has 1 aromatic rings. The van der Waals surface area contributed by atoms with Crippen LogP contribution in [0.5, 0.6) is 0 Å². The van der Waals surface area contributed by atoms with Crippen LogP contribution in [0.15, 0.2) is 22.7 Å². The van der Waals surface area contributed by atoms with Crippen LogP contribution < -0.4 is 0 Å². The predicted octanol–water partition coefficient (Wildman–Crippen LogP) is 2.74. The molecule has 1 N–H and O–H groups in total. The molecule has 0 saturated carbocycles. The summed E-state index contributed by atoms with van der Waals surface area (Å²) in [5.74, 6) is 0.0427. The van der Waals surface area contributed by atoms with E-state index in [1.807, 2.05) is 36.9 Å². The van der Waals surface area contributed by atoms with Gasteiger partial charge in [-0.1, -0.05) is 12.1 Å². The minimum atomic E-state index is -0.624. The number of likely N-dealkylation sites (tertiary alicyclic amines) is 1. The summed E-state index contributed by atoms with van der Waals surface area (Å²) in [4.78, 5) is 14.2. The summed E-state index contributed by atoms with van der Waals surface area (Å²) in [6.07, 6.45) is 1.28. The zero-order valence-electron chi connectivity index (χ0n) is 10.7. The molecule has 0 aromatic heterocycles. The Hall–Kier alpha value is -0.870. The van der Waals surface area contributed by atoms with Gasteiger partial charge in [-0.05, 0) is 54.2 Å². The van der Waals surface area contributed by atoms with Crippen molar-refractivity contribution in [2.45, 2.75) is 32.3 Å². The van der Waals surface area contributed by atoms with E-state index in [1.54, 1.807) is 0 Å². The van der Waals surface area contributed by atoms with Crippen molar-refractivity contribution in [1.29, 1.82) is 0 Å². The molecule has 0 aliphatic carbocycles. The van der Waals surface area contributed by atoms with E-state index in [-0.39, 0.29) is 5.91 Å². The summed E-state index contributed by atoms with van der Waals surface area (Å²) in [6, 6.07) is 5.71. The summed E-state index contributed by atoms with van der Waals surface area (Å²) in [5, 5.41) is 9.90. The van der Waals surface area contributed by atoms with Crippen LogP contribution >= 0.6 is 15.9 Å². The van der Waals surface area contributed by atoms with Gasteiger partial charge in [-0.3, -0.25) is 4.79 Å². The maximum atomic E-state index is 12.4. The molecular formula is C14H18BrNO2. The first kappa shape index (κ1) is 13.6. The monoisotopic (exact) mass is 311 g/mol. The third-order valence-electron chi connectivity index (χ3n) is 3.55. The summed E-state index contributed by atoms with van der Waals surface area (Å²) < 4.78 is 0.868. The number of nitrogens with zero attached hydrogens (tertiary/aromatic N) is 1. The number of piperidine rings is 1. The molecule has 98 valence electrons. The first-order valence-corrected chi connectivity index (χ1v) is 6.97. The van der Waals surface area contributed by atoms with E-state index in [0.717, 1.165) is 10.0 Å². The molecule has 0 unspecified atom stereocenters. The molecule has 4 heteroatoms. The van der Waals surface area contributed by atoms with Crippen molar-refractivity contribution in [3.63, 3.8) is 0 Å². The average Bonchev–Trinajstić information content (AvgIpc) is 2.32. The van der Waals surface area contributed by atoms with Crippen molar-refractivity contribution in [2.75, 3.05) is 13.1 Å². The van der Waals surface area contributed by atoms with Crippen LogP contribution in [0, 0.1) is 6.92 Å². The maximum absolute atomic E-state index is 12.4. The van der Waals surface area contributed by atoms with Crippen molar-refractivity contribution in [3.05, 3.63) is 33.8 Å². The van der Waals surface area contributed by atoms with E-state index in [2.05, 4.69) is 15.9 Å². The summed E-state index contributed by atoms with van der Waals surface area (Å²) in [6.45, 7) is 5.04. The number of carbonyl (C=O) groups is 1. The lowest BCUT2D eigenvalue weighted by molar-refractivity contribution is -0.00205. The number of carbonyl (C=O) groups excluding carboxylic acids is 1. The highest BCUT2D eigenvalue weighted by Gasteiger charge is 2.30. The average molecular weight is 312 g/mol. The van der Waals surface area contributed by atoms with Crippen molar-refractivity contribution in [2.24, 2.45) is 0 Å². The quantitative estimate of drug-likeness (QED) is 0.866. The normalized spacial score (nSPS) is 18.8. The molecule has 18 heavy (non-hydrogen) atoms. The SMILES string of the molecule is Cc1cccc(C(=O)N2CCC(C)(O)CC2)c1Br. The van der Waals surface area contributed by atoms with Gasteiger partial charge in [0, 0.05) is 17.6 Å². The summed E-state index contributed by atoms with van der Waals surface area (Å²) in [5.41, 5.74) is 1.14. The number of hydrogen-bond acceptors (Lipinski definition) is 2. The largest absolute Gasteiger partial charge is 0.390 e. The molecule has 1 aromatic carbocycles. The maximum Gasteiger partial charge on any atom is 0.255 e. The fraction of sp³-hybridized carbons (Fsp3) is 0.500. The second-order valence-electron chi connectivity index (χ2n) is 5.23. The Morgan fingerprint density at radius 3 is 2.61 bits per heavy atom. The topological polar surface area (TPSA) is 40.5 Å². The third kappa shape index (κ3) is 2.75.